The van der Waals surface area contributed by atoms with Crippen LogP contribution in [-0.2, 0) is 26.0 Å². The summed E-state index contributed by atoms with van der Waals surface area (Å²) < 4.78 is 47.1. The van der Waals surface area contributed by atoms with Gasteiger partial charge < -0.3 is 9.47 Å². The highest BCUT2D eigenvalue weighted by Crippen LogP contribution is 2.17. The van der Waals surface area contributed by atoms with Crippen LogP contribution in [0, 0.1) is 5.82 Å². The van der Waals surface area contributed by atoms with E-state index in [2.05, 4.69) is 4.72 Å². The van der Waals surface area contributed by atoms with Gasteiger partial charge in [-0.25, -0.2) is 22.3 Å². The second-order valence-electron chi connectivity index (χ2n) is 5.51. The van der Waals surface area contributed by atoms with Gasteiger partial charge in [0.05, 0.1) is 11.1 Å². The maximum Gasteiger partial charge on any atom is 0.344 e. The minimum absolute atomic E-state index is 0.239. The number of benzene rings is 1. The average Bonchev–Trinajstić information content (AvgIpc) is 3.07. The summed E-state index contributed by atoms with van der Waals surface area (Å²) in [6.07, 6.45) is 1.53. The van der Waals surface area contributed by atoms with Crippen LogP contribution in [-0.4, -0.2) is 46.2 Å². The first-order chi connectivity index (χ1) is 12.7. The standard InChI is InChI=1S/C17H18FNO6S2/c1-27(22,23)19-9-8-14-6-7-16(26-14)15(20)10-25-17(21)11-24-13-4-2-12(18)3-5-13/h2-7,19H,8-11H2,1H3. The number of ether oxygens (including phenoxy) is 2. The van der Waals surface area contributed by atoms with Crippen molar-refractivity contribution >= 4 is 33.1 Å². The summed E-state index contributed by atoms with van der Waals surface area (Å²) in [4.78, 5) is 24.9. The number of hydrogen-bond donors (Lipinski definition) is 1. The van der Waals surface area contributed by atoms with Crippen LogP contribution in [0.2, 0.25) is 0 Å². The Morgan fingerprint density at radius 2 is 1.81 bits per heavy atom. The third kappa shape index (κ3) is 7.85. The summed E-state index contributed by atoms with van der Waals surface area (Å²) in [5.74, 6) is -1.19. The van der Waals surface area contributed by atoms with Gasteiger partial charge in [-0.3, -0.25) is 4.79 Å². The van der Waals surface area contributed by atoms with Crippen molar-refractivity contribution in [3.63, 3.8) is 0 Å². The Morgan fingerprint density at radius 3 is 2.48 bits per heavy atom. The van der Waals surface area contributed by atoms with Crippen LogP contribution >= 0.6 is 11.3 Å². The lowest BCUT2D eigenvalue weighted by Crippen LogP contribution is -2.24. The van der Waals surface area contributed by atoms with Gasteiger partial charge in [-0.2, -0.15) is 0 Å². The molecule has 0 aliphatic rings. The number of nitrogens with one attached hydrogen (secondary N) is 1. The molecule has 0 bridgehead atoms. The summed E-state index contributed by atoms with van der Waals surface area (Å²) in [6.45, 7) is -0.582. The summed E-state index contributed by atoms with van der Waals surface area (Å²) in [6, 6.07) is 8.47. The van der Waals surface area contributed by atoms with E-state index in [0.29, 0.717) is 17.0 Å². The van der Waals surface area contributed by atoms with Crippen molar-refractivity contribution in [2.45, 2.75) is 6.42 Å². The number of thiophene rings is 1. The number of hydrogen-bond acceptors (Lipinski definition) is 7. The molecule has 1 aromatic heterocycles. The smallest absolute Gasteiger partial charge is 0.344 e. The Bertz CT molecular complexity index is 892. The summed E-state index contributed by atoms with van der Waals surface area (Å²) in [5, 5.41) is 0. The Morgan fingerprint density at radius 1 is 1.11 bits per heavy atom. The van der Waals surface area contributed by atoms with Gasteiger partial charge in [0.2, 0.25) is 15.8 Å². The van der Waals surface area contributed by atoms with Crippen LogP contribution in [0.4, 0.5) is 4.39 Å². The zero-order valence-electron chi connectivity index (χ0n) is 14.4. The molecule has 0 spiro atoms. The lowest BCUT2D eigenvalue weighted by molar-refractivity contribution is -0.144. The first-order valence-electron chi connectivity index (χ1n) is 7.83. The fourth-order valence-electron chi connectivity index (χ4n) is 1.95. The topological polar surface area (TPSA) is 98.8 Å². The van der Waals surface area contributed by atoms with Gasteiger partial charge in [-0.15, -0.1) is 11.3 Å². The first-order valence-corrected chi connectivity index (χ1v) is 10.5. The molecule has 27 heavy (non-hydrogen) atoms. The number of Topliss-reactive ketones (excluding diaryl/α,β-unsaturated/α-hetero) is 1. The lowest BCUT2D eigenvalue weighted by Gasteiger charge is -2.06. The summed E-state index contributed by atoms with van der Waals surface area (Å²) >= 11 is 1.21. The zero-order chi connectivity index (χ0) is 19.9. The molecule has 0 fully saturated rings. The Hall–Kier alpha value is -2.30. The number of carbonyl (C=O) groups excluding carboxylic acids is 2. The van der Waals surface area contributed by atoms with E-state index < -0.39 is 35.0 Å². The maximum atomic E-state index is 12.8. The van der Waals surface area contributed by atoms with Crippen molar-refractivity contribution in [1.82, 2.24) is 4.72 Å². The van der Waals surface area contributed by atoms with Crippen LogP contribution in [0.1, 0.15) is 14.5 Å². The summed E-state index contributed by atoms with van der Waals surface area (Å²) in [7, 11) is -3.25. The predicted octanol–water partition coefficient (Wildman–Crippen LogP) is 1.78. The van der Waals surface area contributed by atoms with Crippen LogP contribution in [0.3, 0.4) is 0 Å². The van der Waals surface area contributed by atoms with E-state index in [4.69, 9.17) is 9.47 Å². The van der Waals surface area contributed by atoms with Gasteiger partial charge in [0.1, 0.15) is 11.6 Å². The molecule has 0 saturated heterocycles. The van der Waals surface area contributed by atoms with Crippen molar-refractivity contribution in [1.29, 1.82) is 0 Å². The molecule has 10 heteroatoms. The highest BCUT2D eigenvalue weighted by Gasteiger charge is 2.13. The highest BCUT2D eigenvalue weighted by atomic mass is 32.2. The molecule has 1 N–H and O–H groups in total. The first kappa shape index (κ1) is 21.0. The number of rotatable bonds is 10. The second-order valence-corrected chi connectivity index (χ2v) is 8.51. The van der Waals surface area contributed by atoms with Crippen LogP contribution in [0.25, 0.3) is 0 Å². The van der Waals surface area contributed by atoms with E-state index in [1.54, 1.807) is 12.1 Å². The van der Waals surface area contributed by atoms with E-state index in [1.165, 1.54) is 35.6 Å². The lowest BCUT2D eigenvalue weighted by atomic mass is 10.3. The predicted molar refractivity (Wildman–Crippen MR) is 98.1 cm³/mol. The minimum Gasteiger partial charge on any atom is -0.482 e. The molecule has 146 valence electrons. The van der Waals surface area contributed by atoms with Crippen LogP contribution < -0.4 is 9.46 Å². The fraction of sp³-hybridized carbons (Fsp3) is 0.294. The number of carbonyl (C=O) groups is 2. The SMILES string of the molecule is CS(=O)(=O)NCCc1ccc(C(=O)COC(=O)COc2ccc(F)cc2)s1. The quantitative estimate of drug-likeness (QED) is 0.469. The highest BCUT2D eigenvalue weighted by molar-refractivity contribution is 7.88. The molecule has 1 aromatic carbocycles. The molecule has 0 unspecified atom stereocenters. The van der Waals surface area contributed by atoms with Crippen molar-refractivity contribution < 1.29 is 31.9 Å². The number of ketones is 1. The molecule has 0 aliphatic heterocycles. The van der Waals surface area contributed by atoms with E-state index in [9.17, 15) is 22.4 Å². The number of halogens is 1. The van der Waals surface area contributed by atoms with Crippen molar-refractivity contribution in [2.24, 2.45) is 0 Å². The van der Waals surface area contributed by atoms with Crippen molar-refractivity contribution in [3.8, 4) is 5.75 Å². The molecule has 0 radical (unpaired) electrons. The van der Waals surface area contributed by atoms with E-state index in [1.807, 2.05) is 0 Å². The molecule has 0 atom stereocenters. The molecule has 0 saturated carbocycles. The minimum atomic E-state index is -3.25. The Kier molecular flexibility index (Phi) is 7.45. The van der Waals surface area contributed by atoms with Crippen molar-refractivity contribution in [3.05, 3.63) is 52.0 Å². The maximum absolute atomic E-state index is 12.8. The van der Waals surface area contributed by atoms with Gasteiger partial charge in [-0.05, 0) is 42.8 Å². The van der Waals surface area contributed by atoms with E-state index in [-0.39, 0.29) is 12.3 Å². The normalized spacial score (nSPS) is 11.2. The molecule has 7 nitrogen and oxygen atoms in total. The third-order valence-electron chi connectivity index (χ3n) is 3.21. The molecular weight excluding hydrogens is 397 g/mol. The molecule has 0 amide bonds. The fourth-order valence-corrected chi connectivity index (χ4v) is 3.36. The molecule has 0 aliphatic carbocycles. The number of sulfonamides is 1. The monoisotopic (exact) mass is 415 g/mol. The molecule has 2 aromatic rings. The van der Waals surface area contributed by atoms with Gasteiger partial charge in [-0.1, -0.05) is 0 Å². The average molecular weight is 415 g/mol. The van der Waals surface area contributed by atoms with Crippen LogP contribution in [0.5, 0.6) is 5.75 Å². The zero-order valence-corrected chi connectivity index (χ0v) is 16.1. The van der Waals surface area contributed by atoms with E-state index >= 15 is 0 Å². The van der Waals surface area contributed by atoms with Crippen molar-refractivity contribution in [2.75, 3.05) is 26.0 Å². The second kappa shape index (κ2) is 9.58. The van der Waals surface area contributed by atoms with Gasteiger partial charge >= 0.3 is 5.97 Å². The molecular formula is C17H18FNO6S2. The van der Waals surface area contributed by atoms with Gasteiger partial charge in [0.25, 0.3) is 0 Å². The largest absolute Gasteiger partial charge is 0.482 e. The van der Waals surface area contributed by atoms with Gasteiger partial charge in [0.15, 0.2) is 13.2 Å². The molecule has 1 heterocycles. The Balaban J connectivity index is 1.73. The van der Waals surface area contributed by atoms with E-state index in [0.717, 1.165) is 11.1 Å². The van der Waals surface area contributed by atoms with Gasteiger partial charge in [0, 0.05) is 11.4 Å². The Labute approximate surface area is 160 Å². The molecule has 2 rings (SSSR count). The number of esters is 1. The van der Waals surface area contributed by atoms with Crippen LogP contribution in [0.15, 0.2) is 36.4 Å². The summed E-state index contributed by atoms with van der Waals surface area (Å²) in [5.41, 5.74) is 0. The third-order valence-corrected chi connectivity index (χ3v) is 5.12.